The van der Waals surface area contributed by atoms with Gasteiger partial charge in [0.15, 0.2) is 0 Å². The van der Waals surface area contributed by atoms with E-state index in [-0.39, 0.29) is 18.0 Å². The van der Waals surface area contributed by atoms with E-state index < -0.39 is 0 Å². The minimum atomic E-state index is -0.141. The maximum Gasteiger partial charge on any atom is 0.305 e. The van der Waals surface area contributed by atoms with Crippen LogP contribution in [0, 0.1) is 5.41 Å². The third kappa shape index (κ3) is 2.48. The van der Waals surface area contributed by atoms with E-state index in [1.54, 1.807) is 6.92 Å². The van der Waals surface area contributed by atoms with Crippen LogP contribution in [-0.2, 0) is 9.53 Å². The average molecular weight is 172 g/mol. The molecule has 70 valence electrons. The number of hydrogen-bond donors (Lipinski definition) is 1. The lowest BCUT2D eigenvalue weighted by Crippen LogP contribution is -2.11. The zero-order valence-corrected chi connectivity index (χ0v) is 7.51. The van der Waals surface area contributed by atoms with Crippen molar-refractivity contribution in [3.63, 3.8) is 0 Å². The molecule has 0 bridgehead atoms. The van der Waals surface area contributed by atoms with Gasteiger partial charge in [-0.1, -0.05) is 0 Å². The van der Waals surface area contributed by atoms with Crippen LogP contribution in [0.5, 0.6) is 0 Å². The van der Waals surface area contributed by atoms with Crippen LogP contribution in [0.2, 0.25) is 0 Å². The summed E-state index contributed by atoms with van der Waals surface area (Å²) >= 11 is 0. The van der Waals surface area contributed by atoms with Crippen molar-refractivity contribution in [3.8, 4) is 0 Å². The maximum absolute atomic E-state index is 10.9. The van der Waals surface area contributed by atoms with Crippen LogP contribution in [0.25, 0.3) is 0 Å². The summed E-state index contributed by atoms with van der Waals surface area (Å²) < 4.78 is 4.79. The molecule has 0 aromatic heterocycles. The Hall–Kier alpha value is -0.570. The van der Waals surface area contributed by atoms with Crippen molar-refractivity contribution in [2.45, 2.75) is 32.6 Å². The van der Waals surface area contributed by atoms with Crippen LogP contribution in [-0.4, -0.2) is 24.3 Å². The Morgan fingerprint density at radius 1 is 1.58 bits per heavy atom. The number of aliphatic hydroxyl groups is 1. The predicted molar refractivity (Wildman–Crippen MR) is 44.6 cm³/mol. The van der Waals surface area contributed by atoms with Gasteiger partial charge in [0.2, 0.25) is 0 Å². The topological polar surface area (TPSA) is 46.5 Å². The molecule has 0 saturated heterocycles. The third-order valence-electron chi connectivity index (χ3n) is 2.46. The minimum Gasteiger partial charge on any atom is -0.466 e. The summed E-state index contributed by atoms with van der Waals surface area (Å²) in [6, 6.07) is 0. The van der Waals surface area contributed by atoms with Gasteiger partial charge in [0.05, 0.1) is 6.61 Å². The van der Waals surface area contributed by atoms with E-state index in [1.807, 2.05) is 0 Å². The lowest BCUT2D eigenvalue weighted by Gasteiger charge is -2.09. The summed E-state index contributed by atoms with van der Waals surface area (Å²) in [6.45, 7) is 2.47. The summed E-state index contributed by atoms with van der Waals surface area (Å²) in [5.41, 5.74) is 0.0762. The van der Waals surface area contributed by atoms with Crippen molar-refractivity contribution in [2.75, 3.05) is 13.2 Å². The second-order valence-electron chi connectivity index (χ2n) is 3.46. The highest BCUT2D eigenvalue weighted by atomic mass is 16.5. The Balaban J connectivity index is 2.12. The zero-order chi connectivity index (χ0) is 9.03. The van der Waals surface area contributed by atoms with Gasteiger partial charge in [-0.2, -0.15) is 0 Å². The van der Waals surface area contributed by atoms with Gasteiger partial charge in [0, 0.05) is 13.0 Å². The van der Waals surface area contributed by atoms with Gasteiger partial charge in [-0.05, 0) is 31.6 Å². The summed E-state index contributed by atoms with van der Waals surface area (Å²) in [5.74, 6) is -0.141. The van der Waals surface area contributed by atoms with Gasteiger partial charge in [-0.3, -0.25) is 4.79 Å². The van der Waals surface area contributed by atoms with E-state index in [1.165, 1.54) is 0 Å². The Bertz CT molecular complexity index is 161. The molecule has 3 heteroatoms. The van der Waals surface area contributed by atoms with Gasteiger partial charge < -0.3 is 9.84 Å². The van der Waals surface area contributed by atoms with Crippen molar-refractivity contribution in [2.24, 2.45) is 5.41 Å². The molecule has 1 aliphatic rings. The van der Waals surface area contributed by atoms with Gasteiger partial charge in [0.25, 0.3) is 0 Å². The lowest BCUT2D eigenvalue weighted by atomic mass is 10.0. The van der Waals surface area contributed by atoms with Crippen molar-refractivity contribution >= 4 is 5.97 Å². The Morgan fingerprint density at radius 3 is 2.67 bits per heavy atom. The standard InChI is InChI=1S/C9H16O3/c1-2-12-8(11)3-4-9(7-10)5-6-9/h10H,2-7H2,1H3. The van der Waals surface area contributed by atoms with Crippen molar-refractivity contribution in [3.05, 3.63) is 0 Å². The van der Waals surface area contributed by atoms with Crippen LogP contribution >= 0.6 is 0 Å². The highest BCUT2D eigenvalue weighted by Gasteiger charge is 2.41. The van der Waals surface area contributed by atoms with E-state index in [0.717, 1.165) is 19.3 Å². The monoisotopic (exact) mass is 172 g/mol. The van der Waals surface area contributed by atoms with E-state index in [0.29, 0.717) is 13.0 Å². The van der Waals surface area contributed by atoms with E-state index in [4.69, 9.17) is 9.84 Å². The number of rotatable bonds is 5. The fraction of sp³-hybridized carbons (Fsp3) is 0.889. The molecule has 3 nitrogen and oxygen atoms in total. The fourth-order valence-electron chi connectivity index (χ4n) is 1.26. The largest absolute Gasteiger partial charge is 0.466 e. The molecule has 0 aliphatic heterocycles. The average Bonchev–Trinajstić information content (AvgIpc) is 2.82. The quantitative estimate of drug-likeness (QED) is 0.632. The molecule has 1 N–H and O–H groups in total. The second kappa shape index (κ2) is 3.90. The highest BCUT2D eigenvalue weighted by molar-refractivity contribution is 5.69. The zero-order valence-electron chi connectivity index (χ0n) is 7.51. The number of carbonyl (C=O) groups is 1. The third-order valence-corrected chi connectivity index (χ3v) is 2.46. The number of esters is 1. The molecule has 1 rings (SSSR count). The molecule has 12 heavy (non-hydrogen) atoms. The first kappa shape index (κ1) is 9.52. The number of carbonyl (C=O) groups excluding carboxylic acids is 1. The number of hydrogen-bond acceptors (Lipinski definition) is 3. The smallest absolute Gasteiger partial charge is 0.305 e. The molecular formula is C9H16O3. The van der Waals surface area contributed by atoms with Gasteiger partial charge in [-0.25, -0.2) is 0 Å². The molecule has 0 unspecified atom stereocenters. The second-order valence-corrected chi connectivity index (χ2v) is 3.46. The Kier molecular flexibility index (Phi) is 3.09. The minimum absolute atomic E-state index is 0.0762. The van der Waals surface area contributed by atoms with Crippen LogP contribution < -0.4 is 0 Å². The first-order valence-corrected chi connectivity index (χ1v) is 4.49. The molecule has 0 aromatic carbocycles. The van der Waals surface area contributed by atoms with Crippen LogP contribution in [0.15, 0.2) is 0 Å². The molecule has 0 amide bonds. The molecule has 0 atom stereocenters. The van der Waals surface area contributed by atoms with Gasteiger partial charge in [0.1, 0.15) is 0 Å². The fourth-order valence-corrected chi connectivity index (χ4v) is 1.26. The Labute approximate surface area is 72.7 Å². The van der Waals surface area contributed by atoms with Crippen molar-refractivity contribution in [1.29, 1.82) is 0 Å². The SMILES string of the molecule is CCOC(=O)CCC1(CO)CC1. The summed E-state index contributed by atoms with van der Waals surface area (Å²) in [6.07, 6.45) is 3.35. The van der Waals surface area contributed by atoms with E-state index >= 15 is 0 Å². The lowest BCUT2D eigenvalue weighted by molar-refractivity contribution is -0.143. The first-order chi connectivity index (χ1) is 5.72. The van der Waals surface area contributed by atoms with Crippen molar-refractivity contribution < 1.29 is 14.6 Å². The summed E-state index contributed by atoms with van der Waals surface area (Å²) in [7, 11) is 0. The molecule has 1 aliphatic carbocycles. The van der Waals surface area contributed by atoms with Crippen LogP contribution in [0.3, 0.4) is 0 Å². The molecule has 0 radical (unpaired) electrons. The Morgan fingerprint density at radius 2 is 2.25 bits per heavy atom. The van der Waals surface area contributed by atoms with Crippen LogP contribution in [0.4, 0.5) is 0 Å². The number of ether oxygens (including phenoxy) is 1. The highest BCUT2D eigenvalue weighted by Crippen LogP contribution is 2.48. The van der Waals surface area contributed by atoms with Gasteiger partial charge >= 0.3 is 5.97 Å². The van der Waals surface area contributed by atoms with Crippen molar-refractivity contribution in [1.82, 2.24) is 0 Å². The molecule has 1 fully saturated rings. The normalized spacial score (nSPS) is 18.8. The molecule has 0 spiro atoms. The summed E-state index contributed by atoms with van der Waals surface area (Å²) in [5, 5.41) is 8.95. The first-order valence-electron chi connectivity index (χ1n) is 4.49. The molecule has 1 saturated carbocycles. The van der Waals surface area contributed by atoms with E-state index in [9.17, 15) is 4.79 Å². The predicted octanol–water partition coefficient (Wildman–Crippen LogP) is 1.10. The molecule has 0 aromatic rings. The van der Waals surface area contributed by atoms with E-state index in [2.05, 4.69) is 0 Å². The number of aliphatic hydroxyl groups excluding tert-OH is 1. The molecule has 0 heterocycles. The summed E-state index contributed by atoms with van der Waals surface area (Å²) in [4.78, 5) is 10.9. The maximum atomic E-state index is 10.9. The van der Waals surface area contributed by atoms with Crippen LogP contribution in [0.1, 0.15) is 32.6 Å². The molecular weight excluding hydrogens is 156 g/mol. The van der Waals surface area contributed by atoms with Gasteiger partial charge in [-0.15, -0.1) is 0 Å².